The summed E-state index contributed by atoms with van der Waals surface area (Å²) in [5.41, 5.74) is 1.75. The van der Waals surface area contributed by atoms with Crippen LogP contribution in [0.1, 0.15) is 37.4 Å². The summed E-state index contributed by atoms with van der Waals surface area (Å²) in [5.74, 6) is 0.246. The number of carbonyl (C=O) groups excluding carboxylic acids is 1. The van der Waals surface area contributed by atoms with Crippen LogP contribution in [0.4, 0.5) is 0 Å². The van der Waals surface area contributed by atoms with Crippen molar-refractivity contribution in [1.82, 2.24) is 10.3 Å². The summed E-state index contributed by atoms with van der Waals surface area (Å²) in [4.78, 5) is 16.9. The van der Waals surface area contributed by atoms with Gasteiger partial charge in [-0.25, -0.2) is 0 Å². The quantitative estimate of drug-likeness (QED) is 0.882. The molecule has 1 atom stereocenters. The lowest BCUT2D eigenvalue weighted by atomic mass is 9.94. The Kier molecular flexibility index (Phi) is 5.50. The van der Waals surface area contributed by atoms with E-state index in [4.69, 9.17) is 0 Å². The van der Waals surface area contributed by atoms with Gasteiger partial charge in [-0.05, 0) is 30.0 Å². The van der Waals surface area contributed by atoms with Gasteiger partial charge in [0.2, 0.25) is 5.91 Å². The molecule has 0 aliphatic carbocycles. The highest BCUT2D eigenvalue weighted by Crippen LogP contribution is 2.23. The van der Waals surface area contributed by atoms with Gasteiger partial charge in [-0.15, -0.1) is 0 Å². The predicted molar refractivity (Wildman–Crippen MR) is 85.0 cm³/mol. The molecule has 1 aromatic heterocycles. The van der Waals surface area contributed by atoms with E-state index in [1.165, 1.54) is 0 Å². The average molecular weight is 282 g/mol. The van der Waals surface area contributed by atoms with Gasteiger partial charge in [0.15, 0.2) is 0 Å². The molecule has 1 unspecified atom stereocenters. The fourth-order valence-corrected chi connectivity index (χ4v) is 2.23. The van der Waals surface area contributed by atoms with Gasteiger partial charge in [-0.3, -0.25) is 9.78 Å². The first kappa shape index (κ1) is 15.2. The molecule has 3 heteroatoms. The molecule has 0 aliphatic rings. The fraction of sp³-hybridized carbons (Fsp3) is 0.333. The first-order valence-electron chi connectivity index (χ1n) is 7.42. The molecule has 1 heterocycles. The Balaban J connectivity index is 2.19. The number of pyridine rings is 1. The number of hydrogen-bond donors (Lipinski definition) is 1. The van der Waals surface area contributed by atoms with Crippen LogP contribution >= 0.6 is 0 Å². The van der Waals surface area contributed by atoms with Crippen molar-refractivity contribution < 1.29 is 4.79 Å². The van der Waals surface area contributed by atoms with Crippen LogP contribution in [-0.2, 0) is 4.79 Å². The maximum Gasteiger partial charge on any atom is 0.233 e. The monoisotopic (exact) mass is 282 g/mol. The van der Waals surface area contributed by atoms with E-state index in [9.17, 15) is 4.79 Å². The summed E-state index contributed by atoms with van der Waals surface area (Å²) < 4.78 is 0. The molecule has 1 aromatic carbocycles. The highest BCUT2D eigenvalue weighted by Gasteiger charge is 2.23. The molecule has 0 aliphatic heterocycles. The summed E-state index contributed by atoms with van der Waals surface area (Å²) in [7, 11) is 0. The minimum atomic E-state index is -0.348. The van der Waals surface area contributed by atoms with Crippen LogP contribution in [0.15, 0.2) is 54.7 Å². The number of aromatic nitrogens is 1. The Morgan fingerprint density at radius 1 is 1.10 bits per heavy atom. The Hall–Kier alpha value is -2.16. The lowest BCUT2D eigenvalue weighted by Crippen LogP contribution is -2.31. The zero-order chi connectivity index (χ0) is 15.1. The molecule has 1 amide bonds. The van der Waals surface area contributed by atoms with E-state index in [2.05, 4.69) is 24.1 Å². The number of rotatable bonds is 6. The zero-order valence-electron chi connectivity index (χ0n) is 12.6. The second kappa shape index (κ2) is 7.58. The molecule has 1 N–H and O–H groups in total. The molecule has 2 aromatic rings. The van der Waals surface area contributed by atoms with Crippen LogP contribution in [0.5, 0.6) is 0 Å². The van der Waals surface area contributed by atoms with E-state index in [1.54, 1.807) is 6.20 Å². The lowest BCUT2D eigenvalue weighted by Gasteiger charge is -2.17. The third kappa shape index (κ3) is 4.42. The van der Waals surface area contributed by atoms with Crippen molar-refractivity contribution >= 4 is 5.91 Å². The number of amides is 1. The maximum absolute atomic E-state index is 12.6. The van der Waals surface area contributed by atoms with Crippen molar-refractivity contribution in [2.45, 2.75) is 26.2 Å². The second-order valence-corrected chi connectivity index (χ2v) is 5.57. The number of benzene rings is 1. The molecule has 3 nitrogen and oxygen atoms in total. The molecule has 0 saturated carbocycles. The standard InChI is InChI=1S/C18H22N2O/c1-14(2)11-13-20-18(21)17(15-8-4-3-5-9-15)16-10-6-7-12-19-16/h3-10,12,14,17H,11,13H2,1-2H3,(H,20,21). The Bertz CT molecular complexity index is 512. The third-order valence-corrected chi connectivity index (χ3v) is 3.40. The van der Waals surface area contributed by atoms with E-state index in [0.717, 1.165) is 17.7 Å². The van der Waals surface area contributed by atoms with Crippen LogP contribution < -0.4 is 5.32 Å². The van der Waals surface area contributed by atoms with Gasteiger partial charge in [0.05, 0.1) is 5.69 Å². The largest absolute Gasteiger partial charge is 0.355 e. The molecule has 21 heavy (non-hydrogen) atoms. The van der Waals surface area contributed by atoms with Crippen molar-refractivity contribution in [1.29, 1.82) is 0 Å². The molecule has 0 radical (unpaired) electrons. The van der Waals surface area contributed by atoms with Crippen LogP contribution in [-0.4, -0.2) is 17.4 Å². The predicted octanol–water partition coefficient (Wildman–Crippen LogP) is 3.38. The van der Waals surface area contributed by atoms with Crippen LogP contribution in [0.3, 0.4) is 0 Å². The smallest absolute Gasteiger partial charge is 0.233 e. The van der Waals surface area contributed by atoms with Crippen LogP contribution in [0.25, 0.3) is 0 Å². The molecule has 2 rings (SSSR count). The number of hydrogen-bond acceptors (Lipinski definition) is 2. The zero-order valence-corrected chi connectivity index (χ0v) is 12.6. The highest BCUT2D eigenvalue weighted by atomic mass is 16.1. The van der Waals surface area contributed by atoms with E-state index >= 15 is 0 Å². The van der Waals surface area contributed by atoms with Gasteiger partial charge in [0, 0.05) is 12.7 Å². The van der Waals surface area contributed by atoms with Crippen molar-refractivity contribution in [3.05, 3.63) is 66.0 Å². The Labute approximate surface area is 126 Å². The molecule has 0 bridgehead atoms. The number of carbonyl (C=O) groups is 1. The molecular formula is C18H22N2O. The number of nitrogens with zero attached hydrogens (tertiary/aromatic N) is 1. The lowest BCUT2D eigenvalue weighted by molar-refractivity contribution is -0.121. The third-order valence-electron chi connectivity index (χ3n) is 3.40. The molecule has 110 valence electrons. The van der Waals surface area contributed by atoms with E-state index in [1.807, 2.05) is 48.5 Å². The minimum absolute atomic E-state index is 0.0144. The van der Waals surface area contributed by atoms with Gasteiger partial charge < -0.3 is 5.32 Å². The van der Waals surface area contributed by atoms with Gasteiger partial charge >= 0.3 is 0 Å². The van der Waals surface area contributed by atoms with E-state index in [-0.39, 0.29) is 11.8 Å². The minimum Gasteiger partial charge on any atom is -0.355 e. The molecule has 0 spiro atoms. The SMILES string of the molecule is CC(C)CCNC(=O)C(c1ccccc1)c1ccccn1. The van der Waals surface area contributed by atoms with Gasteiger partial charge in [0.25, 0.3) is 0 Å². The first-order chi connectivity index (χ1) is 10.2. The van der Waals surface area contributed by atoms with Crippen molar-refractivity contribution in [3.8, 4) is 0 Å². The molecular weight excluding hydrogens is 260 g/mol. The van der Waals surface area contributed by atoms with E-state index < -0.39 is 0 Å². The summed E-state index contributed by atoms with van der Waals surface area (Å²) in [6.45, 7) is 5.01. The fourth-order valence-electron chi connectivity index (χ4n) is 2.23. The maximum atomic E-state index is 12.6. The first-order valence-corrected chi connectivity index (χ1v) is 7.42. The summed E-state index contributed by atoms with van der Waals surface area (Å²) >= 11 is 0. The highest BCUT2D eigenvalue weighted by molar-refractivity contribution is 5.86. The molecule has 0 fully saturated rings. The van der Waals surface area contributed by atoms with E-state index in [0.29, 0.717) is 12.5 Å². The topological polar surface area (TPSA) is 42.0 Å². The normalized spacial score (nSPS) is 12.1. The van der Waals surface area contributed by atoms with Crippen LogP contribution in [0.2, 0.25) is 0 Å². The number of nitrogens with one attached hydrogen (secondary N) is 1. The Morgan fingerprint density at radius 3 is 2.43 bits per heavy atom. The summed E-state index contributed by atoms with van der Waals surface area (Å²) in [6, 6.07) is 15.5. The van der Waals surface area contributed by atoms with Crippen molar-refractivity contribution in [3.63, 3.8) is 0 Å². The van der Waals surface area contributed by atoms with Crippen LogP contribution in [0, 0.1) is 5.92 Å². The second-order valence-electron chi connectivity index (χ2n) is 5.57. The van der Waals surface area contributed by atoms with Crippen molar-refractivity contribution in [2.75, 3.05) is 6.54 Å². The average Bonchev–Trinajstić information content (AvgIpc) is 2.49. The van der Waals surface area contributed by atoms with Gasteiger partial charge in [-0.1, -0.05) is 50.2 Å². The summed E-state index contributed by atoms with van der Waals surface area (Å²) in [6.07, 6.45) is 2.71. The Morgan fingerprint density at radius 2 is 1.81 bits per heavy atom. The van der Waals surface area contributed by atoms with Crippen molar-refractivity contribution in [2.24, 2.45) is 5.92 Å². The summed E-state index contributed by atoms with van der Waals surface area (Å²) in [5, 5.41) is 3.03. The molecule has 0 saturated heterocycles. The van der Waals surface area contributed by atoms with Gasteiger partial charge in [0.1, 0.15) is 5.92 Å². The van der Waals surface area contributed by atoms with Gasteiger partial charge in [-0.2, -0.15) is 0 Å².